The number of aliphatic carboxylic acids is 1. The molecule has 2 heterocycles. The molecule has 7 nitrogen and oxygen atoms in total. The Hall–Kier alpha value is -1.60. The van der Waals surface area contributed by atoms with Gasteiger partial charge in [-0.2, -0.15) is 5.10 Å². The summed E-state index contributed by atoms with van der Waals surface area (Å²) in [5.41, 5.74) is 1.98. The van der Waals surface area contributed by atoms with Crippen LogP contribution in [0.25, 0.3) is 0 Å². The first kappa shape index (κ1) is 14.8. The van der Waals surface area contributed by atoms with E-state index in [0.717, 1.165) is 23.7 Å². The predicted octanol–water partition coefficient (Wildman–Crippen LogP) is 0.413. The number of carboxylic acids is 1. The maximum atomic E-state index is 10.8. The van der Waals surface area contributed by atoms with Crippen molar-refractivity contribution in [2.45, 2.75) is 26.0 Å². The fourth-order valence-electron chi connectivity index (χ4n) is 2.58. The van der Waals surface area contributed by atoms with Crippen molar-refractivity contribution in [1.29, 1.82) is 0 Å². The molecule has 0 aromatic carbocycles. The largest absolute Gasteiger partial charge is 0.481 e. The number of carboxylic acid groups (broad SMARTS) is 1. The molecule has 20 heavy (non-hydrogen) atoms. The van der Waals surface area contributed by atoms with Gasteiger partial charge < -0.3 is 14.6 Å². The lowest BCUT2D eigenvalue weighted by molar-refractivity contribution is -0.142. The number of aryl methyl sites for hydroxylation is 2. The number of aromatic nitrogens is 2. The van der Waals surface area contributed by atoms with E-state index >= 15 is 0 Å². The van der Waals surface area contributed by atoms with Crippen LogP contribution in [0.15, 0.2) is 0 Å². The van der Waals surface area contributed by atoms with Gasteiger partial charge >= 0.3 is 5.97 Å². The van der Waals surface area contributed by atoms with Crippen molar-refractivity contribution in [3.8, 4) is 5.88 Å². The number of rotatable bonds is 5. The third-order valence-corrected chi connectivity index (χ3v) is 3.49. The number of nitrogens with zero attached hydrogens (tertiary/aromatic N) is 3. The number of hydrogen-bond acceptors (Lipinski definition) is 5. The van der Waals surface area contributed by atoms with E-state index in [2.05, 4.69) is 10.00 Å². The maximum Gasteiger partial charge on any atom is 0.306 e. The molecule has 0 aliphatic carbocycles. The maximum absolute atomic E-state index is 10.8. The smallest absolute Gasteiger partial charge is 0.306 e. The first-order chi connectivity index (χ1) is 9.51. The SMILES string of the molecule is COc1c(CN2CCOC(CC(=O)O)C2)c(C)nn1C. The van der Waals surface area contributed by atoms with Gasteiger partial charge in [-0.15, -0.1) is 0 Å². The van der Waals surface area contributed by atoms with Gasteiger partial charge in [0.25, 0.3) is 0 Å². The Balaban J connectivity index is 2.04. The molecule has 1 unspecified atom stereocenters. The Morgan fingerprint density at radius 2 is 2.35 bits per heavy atom. The molecule has 1 fully saturated rings. The van der Waals surface area contributed by atoms with Crippen LogP contribution < -0.4 is 4.74 Å². The fraction of sp³-hybridized carbons (Fsp3) is 0.692. The normalized spacial score (nSPS) is 20.1. The summed E-state index contributed by atoms with van der Waals surface area (Å²) in [5, 5.41) is 13.2. The summed E-state index contributed by atoms with van der Waals surface area (Å²) in [6.45, 7) is 4.60. The van der Waals surface area contributed by atoms with Crippen LogP contribution in [0.2, 0.25) is 0 Å². The zero-order chi connectivity index (χ0) is 14.7. The van der Waals surface area contributed by atoms with E-state index in [0.29, 0.717) is 19.7 Å². The third kappa shape index (κ3) is 3.29. The van der Waals surface area contributed by atoms with Crippen molar-refractivity contribution in [3.63, 3.8) is 0 Å². The standard InChI is InChI=1S/C13H21N3O4/c1-9-11(13(19-3)15(2)14-9)8-16-4-5-20-10(7-16)6-12(17)18/h10H,4-8H2,1-3H3,(H,17,18). The van der Waals surface area contributed by atoms with Gasteiger partial charge in [0.05, 0.1) is 37.5 Å². The van der Waals surface area contributed by atoms with Crippen LogP contribution in [0.4, 0.5) is 0 Å². The molecule has 0 amide bonds. The molecule has 1 aliphatic rings. The van der Waals surface area contributed by atoms with Crippen molar-refractivity contribution in [1.82, 2.24) is 14.7 Å². The molecule has 2 rings (SSSR count). The van der Waals surface area contributed by atoms with Gasteiger partial charge in [0, 0.05) is 26.7 Å². The lowest BCUT2D eigenvalue weighted by Crippen LogP contribution is -2.42. The molecule has 0 spiro atoms. The number of methoxy groups -OCH3 is 1. The fourth-order valence-corrected chi connectivity index (χ4v) is 2.58. The van der Waals surface area contributed by atoms with Crippen LogP contribution in [0.5, 0.6) is 5.88 Å². The second kappa shape index (κ2) is 6.23. The second-order valence-corrected chi connectivity index (χ2v) is 5.02. The van der Waals surface area contributed by atoms with Gasteiger partial charge in [-0.3, -0.25) is 9.69 Å². The van der Waals surface area contributed by atoms with Crippen LogP contribution in [-0.4, -0.2) is 58.7 Å². The topological polar surface area (TPSA) is 76.8 Å². The van der Waals surface area contributed by atoms with Crippen LogP contribution >= 0.6 is 0 Å². The molecule has 7 heteroatoms. The highest BCUT2D eigenvalue weighted by Crippen LogP contribution is 2.23. The average molecular weight is 283 g/mol. The Morgan fingerprint density at radius 1 is 1.60 bits per heavy atom. The minimum absolute atomic E-state index is 0.0413. The first-order valence-corrected chi connectivity index (χ1v) is 6.63. The van der Waals surface area contributed by atoms with Gasteiger partial charge in [-0.25, -0.2) is 4.68 Å². The van der Waals surface area contributed by atoms with E-state index in [9.17, 15) is 4.79 Å². The Bertz CT molecular complexity index is 486. The Kier molecular flexibility index (Phi) is 4.61. The van der Waals surface area contributed by atoms with Crippen LogP contribution in [0, 0.1) is 6.92 Å². The molecule has 0 radical (unpaired) electrons. The lowest BCUT2D eigenvalue weighted by Gasteiger charge is -2.32. The van der Waals surface area contributed by atoms with E-state index in [1.807, 2.05) is 14.0 Å². The lowest BCUT2D eigenvalue weighted by atomic mass is 10.1. The Morgan fingerprint density at radius 3 is 3.00 bits per heavy atom. The quantitative estimate of drug-likeness (QED) is 0.843. The summed E-state index contributed by atoms with van der Waals surface area (Å²) in [6.07, 6.45) is -0.205. The van der Waals surface area contributed by atoms with Gasteiger partial charge in [0.15, 0.2) is 0 Å². The molecule has 0 bridgehead atoms. The summed E-state index contributed by atoms with van der Waals surface area (Å²) in [6, 6.07) is 0. The van der Waals surface area contributed by atoms with E-state index in [4.69, 9.17) is 14.6 Å². The molecule has 1 atom stereocenters. The molecule has 1 aliphatic heterocycles. The molecule has 1 aromatic heterocycles. The number of morpholine rings is 1. The van der Waals surface area contributed by atoms with Crippen LogP contribution in [-0.2, 0) is 23.1 Å². The monoisotopic (exact) mass is 283 g/mol. The summed E-state index contributed by atoms with van der Waals surface area (Å²) in [7, 11) is 3.48. The highest BCUT2D eigenvalue weighted by Gasteiger charge is 2.25. The van der Waals surface area contributed by atoms with Crippen molar-refractivity contribution >= 4 is 5.97 Å². The molecule has 1 aromatic rings. The van der Waals surface area contributed by atoms with Crippen molar-refractivity contribution < 1.29 is 19.4 Å². The third-order valence-electron chi connectivity index (χ3n) is 3.49. The summed E-state index contributed by atoms with van der Waals surface area (Å²) in [4.78, 5) is 12.9. The molecular formula is C13H21N3O4. The first-order valence-electron chi connectivity index (χ1n) is 6.63. The Labute approximate surface area is 118 Å². The second-order valence-electron chi connectivity index (χ2n) is 5.02. The van der Waals surface area contributed by atoms with E-state index in [1.54, 1.807) is 11.8 Å². The van der Waals surface area contributed by atoms with Gasteiger partial charge in [-0.05, 0) is 6.92 Å². The van der Waals surface area contributed by atoms with E-state index in [-0.39, 0.29) is 12.5 Å². The minimum Gasteiger partial charge on any atom is -0.481 e. The molecular weight excluding hydrogens is 262 g/mol. The number of carbonyl (C=O) groups is 1. The number of hydrogen-bond donors (Lipinski definition) is 1. The van der Waals surface area contributed by atoms with Crippen LogP contribution in [0.3, 0.4) is 0 Å². The minimum atomic E-state index is -0.827. The van der Waals surface area contributed by atoms with Gasteiger partial charge in [-0.1, -0.05) is 0 Å². The van der Waals surface area contributed by atoms with Gasteiger partial charge in [0.2, 0.25) is 5.88 Å². The molecule has 0 saturated carbocycles. The van der Waals surface area contributed by atoms with Crippen LogP contribution in [0.1, 0.15) is 17.7 Å². The van der Waals surface area contributed by atoms with E-state index in [1.165, 1.54) is 0 Å². The van der Waals surface area contributed by atoms with E-state index < -0.39 is 5.97 Å². The summed E-state index contributed by atoms with van der Waals surface area (Å²) >= 11 is 0. The average Bonchev–Trinajstić information content (AvgIpc) is 2.63. The zero-order valence-electron chi connectivity index (χ0n) is 12.1. The molecule has 112 valence electrons. The van der Waals surface area contributed by atoms with Crippen molar-refractivity contribution in [2.24, 2.45) is 7.05 Å². The summed E-state index contributed by atoms with van der Waals surface area (Å²) < 4.78 is 12.6. The zero-order valence-corrected chi connectivity index (χ0v) is 12.1. The van der Waals surface area contributed by atoms with Gasteiger partial charge in [0.1, 0.15) is 0 Å². The summed E-state index contributed by atoms with van der Waals surface area (Å²) in [5.74, 6) is -0.0734. The highest BCUT2D eigenvalue weighted by atomic mass is 16.5. The predicted molar refractivity (Wildman–Crippen MR) is 71.8 cm³/mol. The molecule has 1 N–H and O–H groups in total. The number of ether oxygens (including phenoxy) is 2. The van der Waals surface area contributed by atoms with Crippen molar-refractivity contribution in [3.05, 3.63) is 11.3 Å². The molecule has 1 saturated heterocycles. The van der Waals surface area contributed by atoms with Crippen molar-refractivity contribution in [2.75, 3.05) is 26.8 Å². The highest BCUT2D eigenvalue weighted by molar-refractivity contribution is 5.67.